The van der Waals surface area contributed by atoms with Crippen molar-refractivity contribution in [1.82, 2.24) is 80.1 Å². The highest BCUT2D eigenvalue weighted by Gasteiger charge is 2.35. The third-order valence-corrected chi connectivity index (χ3v) is 17.3. The van der Waals surface area contributed by atoms with Crippen LogP contribution >= 0.6 is 34.8 Å². The summed E-state index contributed by atoms with van der Waals surface area (Å²) in [7, 11) is -3.38. The Hall–Kier alpha value is -15.5. The molecular formula is C81H75B4Cl3F15N27O11. The van der Waals surface area contributed by atoms with Crippen molar-refractivity contribution in [3.05, 3.63) is 291 Å². The molecule has 38 nitrogen and oxygen atoms in total. The van der Waals surface area contributed by atoms with Gasteiger partial charge >= 0.3 is 76.7 Å². The van der Waals surface area contributed by atoms with Gasteiger partial charge in [-0.3, -0.25) is 39.0 Å². The fourth-order valence-corrected chi connectivity index (χ4v) is 11.0. The van der Waals surface area contributed by atoms with Crippen LogP contribution in [0.3, 0.4) is 0 Å². The number of amides is 1. The lowest BCUT2D eigenvalue weighted by atomic mass is 9.89. The van der Waals surface area contributed by atoms with Gasteiger partial charge in [-0.1, -0.05) is 93.6 Å². The number of nitrogens with two attached hydrogens (primary N) is 3. The molecule has 5 aromatic carbocycles. The molecule has 60 heteroatoms. The lowest BCUT2D eigenvalue weighted by Crippen LogP contribution is -2.27. The van der Waals surface area contributed by atoms with Crippen LogP contribution in [0.4, 0.5) is 105 Å². The van der Waals surface area contributed by atoms with E-state index in [1.807, 2.05) is 6.07 Å². The van der Waals surface area contributed by atoms with E-state index in [0.29, 0.717) is 56.5 Å². The smallest absolute Gasteiger partial charge is 0.439 e. The van der Waals surface area contributed by atoms with Gasteiger partial charge in [-0.25, -0.2) is 54.3 Å². The Kier molecular flexibility index (Phi) is 42.0. The number of primary amides is 1. The normalized spacial score (nSPS) is 10.9. The number of halogens is 18. The van der Waals surface area contributed by atoms with Gasteiger partial charge in [-0.2, -0.15) is 81.6 Å². The summed E-state index contributed by atoms with van der Waals surface area (Å²) in [5, 5.41) is 97.7. The van der Waals surface area contributed by atoms with Gasteiger partial charge in [0, 0.05) is 31.4 Å². The van der Waals surface area contributed by atoms with Crippen molar-refractivity contribution in [2.24, 2.45) is 5.73 Å². The zero-order chi connectivity index (χ0) is 105. The molecule has 0 unspecified atom stereocenters. The van der Waals surface area contributed by atoms with Crippen LogP contribution in [0.5, 0.6) is 0 Å². The van der Waals surface area contributed by atoms with Crippen LogP contribution in [-0.2, 0) is 61.3 Å². The maximum atomic E-state index is 12.7. The monoisotopic (exact) mass is 2040 g/mol. The second-order valence-corrected chi connectivity index (χ2v) is 30.4. The standard InChI is InChI=1S/C15H13BF3N5O3.C15H16BF3N4O2.C14H12BF3N4O.C14H10F3N5O2.C7H6F3N.C6H6BClN4O.C5HCl2N3.C5H11NO2/c1-16(26)23-11-7-20-10(12(21-11)13-22-14(25)27-24-13)6-8-2-4-9(5-3-8)15(17,18)19;1-16(25)23-13-7-21-12(14(22-13)11(20)8-24)6-9-2-4-10(5-3-9)15(17,18)19;1-15(23)22-13-8-20-11(12(7-19)21-13)6-9-2-4-10(5-3-9)14(16,17)18;15-14(16,17)8-3-1-7(2-4-8)5-9-11(20-10(18)6-19-9)12-21-13(23)24-22-12;8-7(9,10)5-1-3-6(11)4-2-5;1-7(13)12-5-3-10-6(8)4(2-9)11-5;6-4-2-9-5(7)3(1-8)10-4;1-5(2,3)8-4(6)7/h2-5,7,26H,6H2,1H3,(H,21,23)(H,22,24,25);2-5,7,20,24-25H,6,8H2,1H3,(H,22,23);2-5,8,23H,6H2,1H3,(H,21,22);1-4,6H,5H2,(H2,18,20)(H,21,22,23);1-4H,11H2;3,13H,1H3,(H,11,12);2H;1-3H3,(H2,6,7). The van der Waals surface area contributed by atoms with Crippen molar-refractivity contribution >= 4 is 110 Å². The van der Waals surface area contributed by atoms with Crippen LogP contribution in [0.2, 0.25) is 42.8 Å². The summed E-state index contributed by atoms with van der Waals surface area (Å²) < 4.78 is 200. The lowest BCUT2D eigenvalue weighted by molar-refractivity contribution is -0.138. The number of aliphatic hydroxyl groups is 1. The zero-order valence-electron chi connectivity index (χ0n) is 73.7. The molecule has 0 saturated heterocycles. The average Bonchev–Trinajstić information content (AvgIpc) is 1.80. The topological polar surface area (TPSA) is 621 Å². The lowest BCUT2D eigenvalue weighted by Gasteiger charge is -2.16. The molecule has 13 rings (SSSR count). The fraction of sp³-hybridized carbons (Fsp3) is 0.222. The molecule has 1 amide bonds. The van der Waals surface area contributed by atoms with Gasteiger partial charge in [0.25, 0.3) is 0 Å². The number of aromatic amines is 2. The highest BCUT2D eigenvalue weighted by molar-refractivity contribution is 6.53. The number of nitrogens with zero attached hydrogens (tertiary/aromatic N) is 17. The Bertz CT molecular complexity index is 6580. The number of anilines is 6. The second kappa shape index (κ2) is 51.8. The number of benzene rings is 5. The van der Waals surface area contributed by atoms with E-state index >= 15 is 0 Å². The first-order valence-electron chi connectivity index (χ1n) is 39.6. The summed E-state index contributed by atoms with van der Waals surface area (Å²) in [5.74, 6) is -0.394. The van der Waals surface area contributed by atoms with E-state index in [1.54, 1.807) is 32.9 Å². The van der Waals surface area contributed by atoms with E-state index < -0.39 is 117 Å². The summed E-state index contributed by atoms with van der Waals surface area (Å²) in [4.78, 5) is 84.8. The molecule has 0 saturated carbocycles. The number of carbonyl (C=O) groups is 1. The maximum absolute atomic E-state index is 12.7. The number of alkyl halides is 15. The maximum Gasteiger partial charge on any atom is 0.439 e. The van der Waals surface area contributed by atoms with Crippen LogP contribution in [0, 0.1) is 39.4 Å². The molecule has 0 spiro atoms. The number of aliphatic hydroxyl groups excluding tert-OH is 1. The highest BCUT2D eigenvalue weighted by atomic mass is 35.5. The van der Waals surface area contributed by atoms with Gasteiger partial charge < -0.3 is 73.5 Å². The van der Waals surface area contributed by atoms with Crippen molar-refractivity contribution in [3.63, 3.8) is 0 Å². The predicted molar refractivity (Wildman–Crippen MR) is 485 cm³/mol. The van der Waals surface area contributed by atoms with Crippen LogP contribution in [0.1, 0.15) is 116 Å². The third-order valence-electron chi connectivity index (χ3n) is 16.6. The first-order valence-corrected chi connectivity index (χ1v) is 40.7. The molecule has 0 fully saturated rings. The number of aromatic nitrogens is 16. The van der Waals surface area contributed by atoms with Crippen LogP contribution in [-0.4, -0.2) is 158 Å². The van der Waals surface area contributed by atoms with E-state index in [1.165, 1.54) is 125 Å². The molecule has 0 atom stereocenters. The van der Waals surface area contributed by atoms with Gasteiger partial charge in [0.15, 0.2) is 27.4 Å². The van der Waals surface area contributed by atoms with Crippen molar-refractivity contribution in [2.75, 3.05) is 39.0 Å². The Morgan fingerprint density at radius 1 is 0.440 bits per heavy atom. The SMILES string of the molecule is CB(O)Nc1cnc(Cc2ccc(C(F)(F)F)cc2)c(-c2noc(=O)[nH]2)n1.CB(O)Nc1cnc(Cc2ccc(C(F)(F)F)cc2)c(C#N)n1.CB(O)Nc1cnc(Cc2ccc(C(F)(F)F)cc2)c(C(=N)CO)n1.CB(O)Nc1cnc(Cl)c(C#N)n1.CC(C)(C)OC(N)=O.N#Cc1nc(Cl)cnc1Cl.Nc1ccc(C(F)(F)F)cc1.Nc1cnc(Cc2ccc(C(F)(F)F)cc2)c(-c2noc(=O)[nH]2)n1. The molecule has 8 heterocycles. The summed E-state index contributed by atoms with van der Waals surface area (Å²) >= 11 is 16.4. The van der Waals surface area contributed by atoms with Gasteiger partial charge in [0.05, 0.1) is 100 Å². The van der Waals surface area contributed by atoms with Crippen molar-refractivity contribution in [3.8, 4) is 41.2 Å². The molecule has 141 heavy (non-hydrogen) atoms. The number of H-pyrrole nitrogens is 2. The van der Waals surface area contributed by atoms with Crippen molar-refractivity contribution < 1.29 is 110 Å². The van der Waals surface area contributed by atoms with E-state index in [-0.39, 0.29) is 116 Å². The first kappa shape index (κ1) is 114. The third kappa shape index (κ3) is 39.5. The number of ether oxygens (including phenoxy) is 1. The quantitative estimate of drug-likeness (QED) is 0.0146. The van der Waals surface area contributed by atoms with E-state index in [2.05, 4.69) is 115 Å². The predicted octanol–water partition coefficient (Wildman–Crippen LogP) is 13.8. The number of rotatable bonds is 20. The average molecular weight is 2040 g/mol. The Morgan fingerprint density at radius 3 is 1.06 bits per heavy atom. The number of hydrogen-bond donors (Lipinski definition) is 15. The summed E-state index contributed by atoms with van der Waals surface area (Å²) in [6.07, 6.45) is -14.0. The first-order chi connectivity index (χ1) is 65.8. The largest absolute Gasteiger partial charge is 0.444 e. The number of nitrogen functional groups attached to an aromatic ring is 2. The minimum absolute atomic E-state index is 0.0173. The summed E-state index contributed by atoms with van der Waals surface area (Å²) in [5.41, 5.74) is 15.9. The van der Waals surface area contributed by atoms with Gasteiger partial charge in [-0.05, 0) is 143 Å². The highest BCUT2D eigenvalue weighted by Crippen LogP contribution is 2.35. The van der Waals surface area contributed by atoms with Crippen LogP contribution in [0.25, 0.3) is 23.0 Å². The number of carbonyl (C=O) groups excluding carboxylic acids is 1. The molecule has 0 aliphatic carbocycles. The van der Waals surface area contributed by atoms with E-state index in [4.69, 9.17) is 78.2 Å². The Balaban J connectivity index is 0.000000254. The molecule has 8 aromatic heterocycles. The number of nitrogens with one attached hydrogen (secondary N) is 7. The molecule has 0 bridgehead atoms. The van der Waals surface area contributed by atoms with E-state index in [9.17, 15) is 100 Å². The molecular weight excluding hydrogens is 1960 g/mol. The van der Waals surface area contributed by atoms with Crippen LogP contribution in [0.15, 0.2) is 177 Å². The molecule has 13 aromatic rings. The Labute approximate surface area is 803 Å². The zero-order valence-corrected chi connectivity index (χ0v) is 75.9. The minimum Gasteiger partial charge on any atom is -0.444 e. The van der Waals surface area contributed by atoms with Crippen LogP contribution < -0.4 is 49.6 Å². The van der Waals surface area contributed by atoms with Crippen molar-refractivity contribution in [1.29, 1.82) is 21.2 Å². The molecule has 18 N–H and O–H groups in total. The van der Waals surface area contributed by atoms with E-state index in [0.717, 1.165) is 60.7 Å². The minimum atomic E-state index is -4.42. The van der Waals surface area contributed by atoms with Gasteiger partial charge in [-0.15, -0.1) is 0 Å². The summed E-state index contributed by atoms with van der Waals surface area (Å²) in [6, 6.07) is 28.3. The van der Waals surface area contributed by atoms with Crippen molar-refractivity contribution in [2.45, 2.75) is 110 Å². The molecule has 0 aliphatic rings. The van der Waals surface area contributed by atoms with Gasteiger partial charge in [0.1, 0.15) is 75.1 Å². The Morgan fingerprint density at radius 2 is 0.738 bits per heavy atom. The fourth-order valence-electron chi connectivity index (χ4n) is 10.6. The molecule has 0 radical (unpaired) electrons. The molecule has 738 valence electrons. The second-order valence-electron chi connectivity index (χ2n) is 29.2. The van der Waals surface area contributed by atoms with Gasteiger partial charge in [0.2, 0.25) is 11.6 Å². The summed E-state index contributed by atoms with van der Waals surface area (Å²) in [6.45, 7) is 10.7. The molecule has 0 aliphatic heterocycles. The number of nitriles is 3. The number of hydrogen-bond acceptors (Lipinski definition) is 35.